The Balaban J connectivity index is 2.76. The molecule has 1 atom stereocenters. The van der Waals surface area contributed by atoms with E-state index in [-0.39, 0.29) is 6.23 Å². The molecule has 0 aliphatic rings. The van der Waals surface area contributed by atoms with Gasteiger partial charge in [-0.1, -0.05) is 0 Å². The van der Waals surface area contributed by atoms with Gasteiger partial charge in [0.1, 0.15) is 6.23 Å². The Morgan fingerprint density at radius 1 is 1.40 bits per heavy atom. The summed E-state index contributed by atoms with van der Waals surface area (Å²) in [5, 5.41) is 24.3. The van der Waals surface area contributed by atoms with Crippen LogP contribution in [0.2, 0.25) is 0 Å². The molecular formula is C13H25BN2O4. The molecule has 0 bridgehead atoms. The van der Waals surface area contributed by atoms with Crippen LogP contribution in [0.1, 0.15) is 47.8 Å². The molecule has 6 nitrogen and oxygen atoms in total. The number of hydrogen-bond acceptors (Lipinski definition) is 5. The van der Waals surface area contributed by atoms with Crippen molar-refractivity contribution in [3.63, 3.8) is 0 Å². The molecule has 0 aliphatic carbocycles. The quantitative estimate of drug-likeness (QED) is 0.720. The van der Waals surface area contributed by atoms with Crippen LogP contribution in [-0.2, 0) is 9.39 Å². The standard InChI is InChI=1S/C13H25BN2O4/c1-7-19-10(2)16-9-11(8-15-16)14(18)20-13(5,6)12(3,4)17/h8-10,17-18H,7H2,1-6H3. The van der Waals surface area contributed by atoms with Crippen molar-refractivity contribution >= 4 is 12.6 Å². The number of nitrogens with zero attached hydrogens (tertiary/aromatic N) is 2. The van der Waals surface area contributed by atoms with E-state index in [4.69, 9.17) is 9.39 Å². The Morgan fingerprint density at radius 2 is 2.00 bits per heavy atom. The van der Waals surface area contributed by atoms with Gasteiger partial charge in [0, 0.05) is 24.5 Å². The fraction of sp³-hybridized carbons (Fsp3) is 0.769. The molecule has 1 unspecified atom stereocenters. The first kappa shape index (κ1) is 17.2. The first-order valence-electron chi connectivity index (χ1n) is 6.82. The second kappa shape index (κ2) is 6.26. The average molecular weight is 284 g/mol. The largest absolute Gasteiger partial charge is 0.494 e. The van der Waals surface area contributed by atoms with Gasteiger partial charge in [-0.15, -0.1) is 0 Å². The van der Waals surface area contributed by atoms with E-state index in [9.17, 15) is 10.1 Å². The lowest BCUT2D eigenvalue weighted by Gasteiger charge is -2.38. The maximum absolute atomic E-state index is 10.1. The lowest BCUT2D eigenvalue weighted by molar-refractivity contribution is -0.0982. The summed E-state index contributed by atoms with van der Waals surface area (Å²) >= 11 is 0. The van der Waals surface area contributed by atoms with E-state index < -0.39 is 18.3 Å². The Bertz CT molecular complexity index is 428. The fourth-order valence-electron chi connectivity index (χ4n) is 1.49. The maximum Gasteiger partial charge on any atom is 0.494 e. The van der Waals surface area contributed by atoms with Crippen LogP contribution in [0.3, 0.4) is 0 Å². The van der Waals surface area contributed by atoms with Gasteiger partial charge in [0.05, 0.1) is 11.2 Å². The van der Waals surface area contributed by atoms with Gasteiger partial charge in [-0.05, 0) is 41.5 Å². The van der Waals surface area contributed by atoms with Gasteiger partial charge in [-0.25, -0.2) is 4.68 Å². The van der Waals surface area contributed by atoms with E-state index in [0.717, 1.165) is 0 Å². The van der Waals surface area contributed by atoms with Crippen molar-refractivity contribution in [1.29, 1.82) is 0 Å². The van der Waals surface area contributed by atoms with Crippen molar-refractivity contribution in [3.05, 3.63) is 12.4 Å². The van der Waals surface area contributed by atoms with Crippen LogP contribution >= 0.6 is 0 Å². The van der Waals surface area contributed by atoms with Gasteiger partial charge in [-0.3, -0.25) is 0 Å². The van der Waals surface area contributed by atoms with Gasteiger partial charge in [-0.2, -0.15) is 5.10 Å². The highest BCUT2D eigenvalue weighted by molar-refractivity contribution is 6.59. The predicted molar refractivity (Wildman–Crippen MR) is 77.6 cm³/mol. The zero-order chi connectivity index (χ0) is 15.6. The molecule has 7 heteroatoms. The summed E-state index contributed by atoms with van der Waals surface area (Å²) in [5.74, 6) is 0. The van der Waals surface area contributed by atoms with E-state index in [1.807, 2.05) is 13.8 Å². The molecule has 0 saturated carbocycles. The van der Waals surface area contributed by atoms with Crippen LogP contribution < -0.4 is 5.46 Å². The van der Waals surface area contributed by atoms with Gasteiger partial charge in [0.2, 0.25) is 0 Å². The molecule has 0 radical (unpaired) electrons. The highest BCUT2D eigenvalue weighted by Crippen LogP contribution is 2.25. The Hall–Kier alpha value is -0.885. The van der Waals surface area contributed by atoms with Gasteiger partial charge < -0.3 is 19.5 Å². The topological polar surface area (TPSA) is 76.7 Å². The van der Waals surface area contributed by atoms with Crippen molar-refractivity contribution in [2.75, 3.05) is 6.61 Å². The van der Waals surface area contributed by atoms with E-state index in [2.05, 4.69) is 5.10 Å². The summed E-state index contributed by atoms with van der Waals surface area (Å²) in [7, 11) is -1.15. The van der Waals surface area contributed by atoms with Gasteiger partial charge >= 0.3 is 7.12 Å². The smallest absolute Gasteiger partial charge is 0.423 e. The zero-order valence-corrected chi connectivity index (χ0v) is 13.1. The molecule has 1 rings (SSSR count). The minimum absolute atomic E-state index is 0.205. The van der Waals surface area contributed by atoms with Gasteiger partial charge in [0.15, 0.2) is 0 Å². The lowest BCUT2D eigenvalue weighted by atomic mass is 9.78. The number of ether oxygens (including phenoxy) is 1. The maximum atomic E-state index is 10.1. The molecular weight excluding hydrogens is 259 g/mol. The summed E-state index contributed by atoms with van der Waals surface area (Å²) in [6, 6.07) is 0. The van der Waals surface area contributed by atoms with Crippen LogP contribution in [0.5, 0.6) is 0 Å². The third-order valence-electron chi connectivity index (χ3n) is 3.57. The van der Waals surface area contributed by atoms with E-state index in [1.54, 1.807) is 38.6 Å². The highest BCUT2D eigenvalue weighted by atomic mass is 16.5. The molecule has 0 fully saturated rings. The Morgan fingerprint density at radius 3 is 2.50 bits per heavy atom. The van der Waals surface area contributed by atoms with Crippen molar-refractivity contribution in [2.24, 2.45) is 0 Å². The molecule has 2 N–H and O–H groups in total. The number of rotatable bonds is 7. The van der Waals surface area contributed by atoms with Crippen LogP contribution in [0, 0.1) is 0 Å². The van der Waals surface area contributed by atoms with Crippen LogP contribution in [0.25, 0.3) is 0 Å². The molecule has 0 aliphatic heterocycles. The summed E-state index contributed by atoms with van der Waals surface area (Å²) in [5.41, 5.74) is -1.46. The highest BCUT2D eigenvalue weighted by Gasteiger charge is 2.39. The van der Waals surface area contributed by atoms with Crippen molar-refractivity contribution in [1.82, 2.24) is 9.78 Å². The molecule has 1 heterocycles. The average Bonchev–Trinajstić information content (AvgIpc) is 2.76. The second-order valence-corrected chi connectivity index (χ2v) is 5.85. The van der Waals surface area contributed by atoms with Crippen LogP contribution in [0.4, 0.5) is 0 Å². The van der Waals surface area contributed by atoms with E-state index >= 15 is 0 Å². The Labute approximate surface area is 120 Å². The van der Waals surface area contributed by atoms with Crippen molar-refractivity contribution < 1.29 is 19.5 Å². The van der Waals surface area contributed by atoms with Crippen molar-refractivity contribution in [3.8, 4) is 0 Å². The minimum Gasteiger partial charge on any atom is -0.423 e. The second-order valence-electron chi connectivity index (χ2n) is 5.85. The summed E-state index contributed by atoms with van der Waals surface area (Å²) < 4.78 is 12.6. The monoisotopic (exact) mass is 284 g/mol. The van der Waals surface area contributed by atoms with E-state index in [1.165, 1.54) is 6.20 Å². The first-order valence-corrected chi connectivity index (χ1v) is 6.82. The lowest BCUT2D eigenvalue weighted by Crippen LogP contribution is -2.53. The predicted octanol–water partition coefficient (Wildman–Crippen LogP) is 0.692. The molecule has 114 valence electrons. The summed E-state index contributed by atoms with van der Waals surface area (Å²) in [6.45, 7) is 11.1. The molecule has 1 aromatic rings. The first-order chi connectivity index (χ1) is 9.08. The molecule has 0 saturated heterocycles. The van der Waals surface area contributed by atoms with Crippen molar-refractivity contribution in [2.45, 2.75) is 59.0 Å². The SMILES string of the molecule is CCOC(C)n1cc(B(O)OC(C)(C)C(C)(C)O)cn1. The summed E-state index contributed by atoms with van der Waals surface area (Å²) in [4.78, 5) is 0. The zero-order valence-electron chi connectivity index (χ0n) is 13.1. The van der Waals surface area contributed by atoms with Crippen LogP contribution in [-0.4, -0.2) is 44.8 Å². The van der Waals surface area contributed by atoms with Crippen LogP contribution in [0.15, 0.2) is 12.4 Å². The summed E-state index contributed by atoms with van der Waals surface area (Å²) in [6.07, 6.45) is 3.00. The fourth-order valence-corrected chi connectivity index (χ4v) is 1.49. The molecule has 0 aromatic carbocycles. The normalized spacial score (nSPS) is 14.4. The molecule has 20 heavy (non-hydrogen) atoms. The number of aliphatic hydroxyl groups is 1. The third kappa shape index (κ3) is 4.05. The number of hydrogen-bond donors (Lipinski definition) is 2. The number of aromatic nitrogens is 2. The Kier molecular flexibility index (Phi) is 5.37. The third-order valence-corrected chi connectivity index (χ3v) is 3.57. The van der Waals surface area contributed by atoms with Gasteiger partial charge in [0.25, 0.3) is 0 Å². The van der Waals surface area contributed by atoms with E-state index in [0.29, 0.717) is 12.1 Å². The molecule has 0 spiro atoms. The minimum atomic E-state index is -1.15. The molecule has 0 amide bonds. The molecule has 1 aromatic heterocycles.